The van der Waals surface area contributed by atoms with Gasteiger partial charge in [0.1, 0.15) is 11.6 Å². The highest BCUT2D eigenvalue weighted by Crippen LogP contribution is 2.27. The van der Waals surface area contributed by atoms with E-state index in [1.165, 1.54) is 0 Å². The van der Waals surface area contributed by atoms with Crippen LogP contribution >= 0.6 is 0 Å². The number of anilines is 1. The van der Waals surface area contributed by atoms with E-state index in [4.69, 9.17) is 4.74 Å². The SMILES string of the molecule is COc1cc(C)c(S(=O)(=O)Nc2[nH]ncc2C)c(C)c1. The number of rotatable bonds is 4. The predicted molar refractivity (Wildman–Crippen MR) is 76.6 cm³/mol. The van der Waals surface area contributed by atoms with Crippen LogP contribution in [0.15, 0.2) is 23.2 Å². The van der Waals surface area contributed by atoms with Crippen molar-refractivity contribution in [1.82, 2.24) is 10.2 Å². The summed E-state index contributed by atoms with van der Waals surface area (Å²) in [6.45, 7) is 5.25. The van der Waals surface area contributed by atoms with Gasteiger partial charge in [-0.05, 0) is 44.0 Å². The van der Waals surface area contributed by atoms with Crippen LogP contribution in [0.1, 0.15) is 16.7 Å². The maximum atomic E-state index is 12.5. The van der Waals surface area contributed by atoms with Crippen molar-refractivity contribution in [2.24, 2.45) is 0 Å². The van der Waals surface area contributed by atoms with Gasteiger partial charge in [-0.1, -0.05) is 0 Å². The van der Waals surface area contributed by atoms with Gasteiger partial charge in [0.05, 0.1) is 18.2 Å². The van der Waals surface area contributed by atoms with Crippen molar-refractivity contribution in [3.63, 3.8) is 0 Å². The maximum absolute atomic E-state index is 12.5. The second-order valence-electron chi connectivity index (χ2n) is 4.62. The molecule has 0 unspecified atom stereocenters. The summed E-state index contributed by atoms with van der Waals surface area (Å²) in [6.07, 6.45) is 1.56. The summed E-state index contributed by atoms with van der Waals surface area (Å²) in [5.74, 6) is 1.01. The first-order valence-corrected chi connectivity index (χ1v) is 7.51. The van der Waals surface area contributed by atoms with Crippen molar-refractivity contribution in [3.8, 4) is 5.75 Å². The number of aryl methyl sites for hydroxylation is 3. The molecule has 20 heavy (non-hydrogen) atoms. The number of hydrogen-bond donors (Lipinski definition) is 2. The lowest BCUT2D eigenvalue weighted by molar-refractivity contribution is 0.413. The van der Waals surface area contributed by atoms with Gasteiger partial charge in [0.2, 0.25) is 0 Å². The number of hydrogen-bond acceptors (Lipinski definition) is 4. The number of aromatic nitrogens is 2. The third-order valence-corrected chi connectivity index (χ3v) is 4.66. The number of methoxy groups -OCH3 is 1. The third kappa shape index (κ3) is 2.62. The molecule has 0 atom stereocenters. The Balaban J connectivity index is 2.47. The molecular weight excluding hydrogens is 278 g/mol. The lowest BCUT2D eigenvalue weighted by atomic mass is 10.1. The van der Waals surface area contributed by atoms with Crippen LogP contribution in [-0.2, 0) is 10.0 Å². The van der Waals surface area contributed by atoms with E-state index in [2.05, 4.69) is 14.9 Å². The van der Waals surface area contributed by atoms with E-state index in [0.717, 1.165) is 5.56 Å². The Morgan fingerprint density at radius 2 is 1.75 bits per heavy atom. The van der Waals surface area contributed by atoms with Gasteiger partial charge in [-0.15, -0.1) is 0 Å². The van der Waals surface area contributed by atoms with Crippen LogP contribution in [-0.4, -0.2) is 25.7 Å². The molecular formula is C13H17N3O3S. The van der Waals surface area contributed by atoms with Crippen molar-refractivity contribution in [1.29, 1.82) is 0 Å². The van der Waals surface area contributed by atoms with E-state index in [0.29, 0.717) is 22.7 Å². The summed E-state index contributed by atoms with van der Waals surface area (Å²) in [4.78, 5) is 0.257. The van der Waals surface area contributed by atoms with E-state index in [-0.39, 0.29) is 4.90 Å². The molecule has 2 rings (SSSR count). The first-order chi connectivity index (χ1) is 9.35. The van der Waals surface area contributed by atoms with Gasteiger partial charge in [-0.2, -0.15) is 5.10 Å². The fourth-order valence-corrected chi connectivity index (χ4v) is 3.63. The van der Waals surface area contributed by atoms with E-state index in [1.54, 1.807) is 46.2 Å². The first kappa shape index (κ1) is 14.4. The molecule has 1 aromatic heterocycles. The van der Waals surface area contributed by atoms with Crippen molar-refractivity contribution in [2.75, 3.05) is 11.8 Å². The van der Waals surface area contributed by atoms with E-state index in [9.17, 15) is 8.42 Å². The molecule has 108 valence electrons. The van der Waals surface area contributed by atoms with Crippen LogP contribution in [0.3, 0.4) is 0 Å². The molecule has 0 aliphatic carbocycles. The number of nitrogens with one attached hydrogen (secondary N) is 2. The Bertz CT molecular complexity index is 712. The summed E-state index contributed by atoms with van der Waals surface area (Å²) >= 11 is 0. The van der Waals surface area contributed by atoms with Gasteiger partial charge in [-0.3, -0.25) is 9.82 Å². The minimum atomic E-state index is -3.67. The molecule has 0 amide bonds. The number of aromatic amines is 1. The summed E-state index contributed by atoms with van der Waals surface area (Å²) in [7, 11) is -2.12. The molecule has 0 fully saturated rings. The lowest BCUT2D eigenvalue weighted by Crippen LogP contribution is -2.16. The summed E-state index contributed by atoms with van der Waals surface area (Å²) in [6, 6.07) is 3.39. The van der Waals surface area contributed by atoms with Gasteiger partial charge in [-0.25, -0.2) is 8.42 Å². The quantitative estimate of drug-likeness (QED) is 0.905. The zero-order chi connectivity index (χ0) is 14.9. The van der Waals surface area contributed by atoms with Crippen LogP contribution in [0.4, 0.5) is 5.82 Å². The highest BCUT2D eigenvalue weighted by Gasteiger charge is 2.21. The second-order valence-corrected chi connectivity index (χ2v) is 6.24. The zero-order valence-electron chi connectivity index (χ0n) is 11.8. The summed E-state index contributed by atoms with van der Waals surface area (Å²) < 4.78 is 32.6. The fraction of sp³-hybridized carbons (Fsp3) is 0.308. The topological polar surface area (TPSA) is 84.1 Å². The van der Waals surface area contributed by atoms with E-state index >= 15 is 0 Å². The van der Waals surface area contributed by atoms with Crippen molar-refractivity contribution in [3.05, 3.63) is 35.0 Å². The maximum Gasteiger partial charge on any atom is 0.263 e. The number of nitrogens with zero attached hydrogens (tertiary/aromatic N) is 1. The largest absolute Gasteiger partial charge is 0.497 e. The molecule has 2 N–H and O–H groups in total. The number of H-pyrrole nitrogens is 1. The Labute approximate surface area is 118 Å². The Morgan fingerprint density at radius 1 is 1.15 bits per heavy atom. The molecule has 6 nitrogen and oxygen atoms in total. The summed E-state index contributed by atoms with van der Waals surface area (Å²) in [5.41, 5.74) is 2.00. The Morgan fingerprint density at radius 3 is 2.20 bits per heavy atom. The van der Waals surface area contributed by atoms with Gasteiger partial charge >= 0.3 is 0 Å². The second kappa shape index (κ2) is 5.16. The molecule has 0 bridgehead atoms. The van der Waals surface area contributed by atoms with Crippen LogP contribution < -0.4 is 9.46 Å². The van der Waals surface area contributed by atoms with Gasteiger partial charge < -0.3 is 4.74 Å². The van der Waals surface area contributed by atoms with Gasteiger partial charge in [0.25, 0.3) is 10.0 Å². The monoisotopic (exact) mass is 295 g/mol. The van der Waals surface area contributed by atoms with Gasteiger partial charge in [0, 0.05) is 5.56 Å². The predicted octanol–water partition coefficient (Wildman–Crippen LogP) is 2.14. The molecule has 7 heteroatoms. The smallest absolute Gasteiger partial charge is 0.263 e. The minimum absolute atomic E-state index is 0.257. The van der Waals surface area contributed by atoms with Gasteiger partial charge in [0.15, 0.2) is 0 Å². The fourth-order valence-electron chi connectivity index (χ4n) is 2.09. The molecule has 0 radical (unpaired) electrons. The van der Waals surface area contributed by atoms with Crippen LogP contribution in [0.5, 0.6) is 5.75 Å². The number of ether oxygens (including phenoxy) is 1. The first-order valence-electron chi connectivity index (χ1n) is 6.03. The zero-order valence-corrected chi connectivity index (χ0v) is 12.6. The van der Waals surface area contributed by atoms with Crippen molar-refractivity contribution in [2.45, 2.75) is 25.7 Å². The minimum Gasteiger partial charge on any atom is -0.497 e. The molecule has 1 heterocycles. The standard InChI is InChI=1S/C13H17N3O3S/c1-8-5-11(19-4)6-9(2)12(8)20(17,18)16-13-10(3)7-14-15-13/h5-7H,1-4H3,(H2,14,15,16). The molecule has 0 aliphatic rings. The average Bonchev–Trinajstić information content (AvgIpc) is 2.72. The molecule has 1 aromatic carbocycles. The Hall–Kier alpha value is -2.02. The Kier molecular flexibility index (Phi) is 3.71. The number of sulfonamides is 1. The molecule has 0 spiro atoms. The normalized spacial score (nSPS) is 11.4. The molecule has 0 saturated heterocycles. The molecule has 0 aliphatic heterocycles. The molecule has 2 aromatic rings. The van der Waals surface area contributed by atoms with E-state index in [1.807, 2.05) is 0 Å². The summed E-state index contributed by atoms with van der Waals surface area (Å²) in [5, 5.41) is 6.43. The number of benzene rings is 1. The van der Waals surface area contributed by atoms with Crippen LogP contribution in [0, 0.1) is 20.8 Å². The lowest BCUT2D eigenvalue weighted by Gasteiger charge is -2.13. The van der Waals surface area contributed by atoms with Crippen molar-refractivity contribution < 1.29 is 13.2 Å². The third-order valence-electron chi connectivity index (χ3n) is 3.00. The highest BCUT2D eigenvalue weighted by atomic mass is 32.2. The van der Waals surface area contributed by atoms with Crippen LogP contribution in [0.2, 0.25) is 0 Å². The average molecular weight is 295 g/mol. The highest BCUT2D eigenvalue weighted by molar-refractivity contribution is 7.92. The van der Waals surface area contributed by atoms with E-state index < -0.39 is 10.0 Å². The molecule has 0 saturated carbocycles. The van der Waals surface area contributed by atoms with Crippen LogP contribution in [0.25, 0.3) is 0 Å². The van der Waals surface area contributed by atoms with Crippen molar-refractivity contribution >= 4 is 15.8 Å².